The first-order valence-electron chi connectivity index (χ1n) is 2.60. The molecular formula is C5H5F2N3. The predicted molar refractivity (Wildman–Crippen MR) is 31.5 cm³/mol. The van der Waals surface area contributed by atoms with E-state index in [1.165, 1.54) is 7.05 Å². The van der Waals surface area contributed by atoms with Gasteiger partial charge in [0, 0.05) is 13.1 Å². The molecule has 0 bridgehead atoms. The molecule has 1 rings (SSSR count). The van der Waals surface area contributed by atoms with Crippen molar-refractivity contribution in [2.45, 2.75) is 0 Å². The molecule has 54 valence electrons. The van der Waals surface area contributed by atoms with E-state index < -0.39 is 11.9 Å². The van der Waals surface area contributed by atoms with Gasteiger partial charge in [0.1, 0.15) is 0 Å². The van der Waals surface area contributed by atoms with Crippen molar-refractivity contribution in [1.29, 1.82) is 0 Å². The normalized spacial score (nSPS) is 9.50. The Kier molecular flexibility index (Phi) is 1.75. The maximum atomic E-state index is 12.2. The van der Waals surface area contributed by atoms with E-state index in [9.17, 15) is 8.78 Å². The van der Waals surface area contributed by atoms with Crippen LogP contribution in [0.5, 0.6) is 0 Å². The summed E-state index contributed by atoms with van der Waals surface area (Å²) in [5.41, 5.74) is 0. The number of anilines is 1. The summed E-state index contributed by atoms with van der Waals surface area (Å²) in [6.07, 6.45) is 0. The number of aromatic nitrogens is 2. The molecule has 1 aromatic rings. The fourth-order valence-electron chi connectivity index (χ4n) is 0.502. The van der Waals surface area contributed by atoms with E-state index >= 15 is 0 Å². The highest BCUT2D eigenvalue weighted by atomic mass is 19.1. The lowest BCUT2D eigenvalue weighted by atomic mass is 10.6. The van der Waals surface area contributed by atoms with Crippen LogP contribution in [0.15, 0.2) is 6.07 Å². The fourth-order valence-corrected chi connectivity index (χ4v) is 0.502. The summed E-state index contributed by atoms with van der Waals surface area (Å²) in [6.45, 7) is 0. The molecule has 0 amide bonds. The molecular weight excluding hydrogens is 140 g/mol. The van der Waals surface area contributed by atoms with E-state index in [4.69, 9.17) is 0 Å². The van der Waals surface area contributed by atoms with E-state index in [1.54, 1.807) is 0 Å². The monoisotopic (exact) mass is 145 g/mol. The van der Waals surface area contributed by atoms with Crippen LogP contribution < -0.4 is 5.32 Å². The van der Waals surface area contributed by atoms with Crippen molar-refractivity contribution in [2.75, 3.05) is 12.4 Å². The molecule has 0 radical (unpaired) electrons. The molecule has 0 saturated heterocycles. The smallest absolute Gasteiger partial charge is 0.227 e. The Morgan fingerprint density at radius 2 is 1.80 bits per heavy atom. The van der Waals surface area contributed by atoms with Crippen LogP contribution in [0, 0.1) is 11.9 Å². The number of hydrogen-bond acceptors (Lipinski definition) is 3. The molecule has 5 heteroatoms. The third-order valence-electron chi connectivity index (χ3n) is 0.887. The van der Waals surface area contributed by atoms with Gasteiger partial charge in [-0.3, -0.25) is 0 Å². The lowest BCUT2D eigenvalue weighted by Gasteiger charge is -1.95. The molecule has 0 fully saturated rings. The molecule has 1 aromatic heterocycles. The lowest BCUT2D eigenvalue weighted by Crippen LogP contribution is -1.99. The van der Waals surface area contributed by atoms with Gasteiger partial charge in [-0.2, -0.15) is 18.7 Å². The maximum Gasteiger partial charge on any atom is 0.227 e. The molecule has 3 nitrogen and oxygen atoms in total. The molecule has 0 atom stereocenters. The van der Waals surface area contributed by atoms with Gasteiger partial charge in [-0.1, -0.05) is 0 Å². The van der Waals surface area contributed by atoms with Crippen molar-refractivity contribution >= 4 is 5.95 Å². The van der Waals surface area contributed by atoms with Crippen LogP contribution in [0.2, 0.25) is 0 Å². The Hall–Kier alpha value is -1.26. The maximum absolute atomic E-state index is 12.2. The molecule has 0 unspecified atom stereocenters. The SMILES string of the molecule is CNc1nc(F)cc(F)n1. The summed E-state index contributed by atoms with van der Waals surface area (Å²) in [6, 6.07) is 0.612. The van der Waals surface area contributed by atoms with Gasteiger partial charge < -0.3 is 5.32 Å². The molecule has 1 N–H and O–H groups in total. The van der Waals surface area contributed by atoms with E-state index in [2.05, 4.69) is 15.3 Å². The van der Waals surface area contributed by atoms with Gasteiger partial charge in [0.05, 0.1) is 0 Å². The number of nitrogens with one attached hydrogen (secondary N) is 1. The van der Waals surface area contributed by atoms with Crippen LogP contribution >= 0.6 is 0 Å². The Morgan fingerprint density at radius 3 is 2.20 bits per heavy atom. The van der Waals surface area contributed by atoms with Crippen molar-refractivity contribution in [2.24, 2.45) is 0 Å². The highest BCUT2D eigenvalue weighted by Crippen LogP contribution is 2.00. The highest BCUT2D eigenvalue weighted by Gasteiger charge is 1.99. The Balaban J connectivity index is 3.06. The van der Waals surface area contributed by atoms with Crippen LogP contribution in [0.25, 0.3) is 0 Å². The van der Waals surface area contributed by atoms with Gasteiger partial charge >= 0.3 is 0 Å². The third kappa shape index (κ3) is 1.37. The van der Waals surface area contributed by atoms with Crippen molar-refractivity contribution in [3.05, 3.63) is 18.0 Å². The van der Waals surface area contributed by atoms with Crippen LogP contribution in [0.3, 0.4) is 0 Å². The highest BCUT2D eigenvalue weighted by molar-refractivity contribution is 5.20. The lowest BCUT2D eigenvalue weighted by molar-refractivity contribution is 0.528. The first-order chi connectivity index (χ1) is 4.72. The zero-order chi connectivity index (χ0) is 7.56. The molecule has 0 aliphatic heterocycles. The van der Waals surface area contributed by atoms with Gasteiger partial charge in [0.15, 0.2) is 0 Å². The summed E-state index contributed by atoms with van der Waals surface area (Å²) < 4.78 is 24.4. The molecule has 0 saturated carbocycles. The average molecular weight is 145 g/mol. The van der Waals surface area contributed by atoms with Gasteiger partial charge in [-0.25, -0.2) is 0 Å². The van der Waals surface area contributed by atoms with Crippen molar-refractivity contribution in [3.8, 4) is 0 Å². The summed E-state index contributed by atoms with van der Waals surface area (Å²) in [5, 5.41) is 2.41. The molecule has 10 heavy (non-hydrogen) atoms. The van der Waals surface area contributed by atoms with Gasteiger partial charge in [-0.15, -0.1) is 0 Å². The summed E-state index contributed by atoms with van der Waals surface area (Å²) in [7, 11) is 1.48. The number of nitrogens with zero attached hydrogens (tertiary/aromatic N) is 2. The molecule has 0 aliphatic rings. The van der Waals surface area contributed by atoms with Crippen molar-refractivity contribution in [3.63, 3.8) is 0 Å². The minimum Gasteiger partial charge on any atom is -0.357 e. The summed E-state index contributed by atoms with van der Waals surface area (Å²) >= 11 is 0. The number of hydrogen-bond donors (Lipinski definition) is 1. The summed E-state index contributed by atoms with van der Waals surface area (Å²) in [5.74, 6) is -1.81. The number of rotatable bonds is 1. The average Bonchev–Trinajstić information content (AvgIpc) is 1.85. The standard InChI is InChI=1S/C5H5F2N3/c1-8-5-9-3(6)2-4(7)10-5/h2H,1H3,(H,8,9,10). The molecule has 0 aliphatic carbocycles. The van der Waals surface area contributed by atoms with Crippen molar-refractivity contribution in [1.82, 2.24) is 9.97 Å². The predicted octanol–water partition coefficient (Wildman–Crippen LogP) is 0.796. The van der Waals surface area contributed by atoms with E-state index in [1.807, 2.05) is 0 Å². The second kappa shape index (κ2) is 2.55. The Morgan fingerprint density at radius 1 is 1.30 bits per heavy atom. The van der Waals surface area contributed by atoms with Crippen LogP contribution in [0.4, 0.5) is 14.7 Å². The van der Waals surface area contributed by atoms with Gasteiger partial charge in [-0.05, 0) is 0 Å². The van der Waals surface area contributed by atoms with Crippen LogP contribution in [0.1, 0.15) is 0 Å². The van der Waals surface area contributed by atoms with Crippen LogP contribution in [-0.2, 0) is 0 Å². The van der Waals surface area contributed by atoms with Gasteiger partial charge in [0.25, 0.3) is 0 Å². The second-order valence-corrected chi connectivity index (χ2v) is 1.59. The minimum absolute atomic E-state index is 0.0579. The second-order valence-electron chi connectivity index (χ2n) is 1.59. The zero-order valence-corrected chi connectivity index (χ0v) is 5.23. The first-order valence-corrected chi connectivity index (χ1v) is 2.60. The molecule has 0 aromatic carbocycles. The Labute approximate surface area is 56.1 Å². The third-order valence-corrected chi connectivity index (χ3v) is 0.887. The van der Waals surface area contributed by atoms with Crippen LogP contribution in [-0.4, -0.2) is 17.0 Å². The quantitative estimate of drug-likeness (QED) is 0.594. The zero-order valence-electron chi connectivity index (χ0n) is 5.23. The summed E-state index contributed by atoms with van der Waals surface area (Å²) in [4.78, 5) is 6.45. The van der Waals surface area contributed by atoms with E-state index in [0.717, 1.165) is 0 Å². The topological polar surface area (TPSA) is 37.8 Å². The fraction of sp³-hybridized carbons (Fsp3) is 0.200. The molecule has 0 spiro atoms. The molecule has 1 heterocycles. The Bertz CT molecular complexity index is 218. The van der Waals surface area contributed by atoms with E-state index in [0.29, 0.717) is 6.07 Å². The van der Waals surface area contributed by atoms with Gasteiger partial charge in [0.2, 0.25) is 17.8 Å². The first kappa shape index (κ1) is 6.85. The van der Waals surface area contributed by atoms with E-state index in [-0.39, 0.29) is 5.95 Å². The van der Waals surface area contributed by atoms with Crippen molar-refractivity contribution < 1.29 is 8.78 Å². The largest absolute Gasteiger partial charge is 0.357 e. The minimum atomic E-state index is -0.878. The number of halogens is 2.